The highest BCUT2D eigenvalue weighted by atomic mass is 16.5. The number of para-hydroxylation sites is 1. The van der Waals surface area contributed by atoms with Gasteiger partial charge in [-0.2, -0.15) is 0 Å². The lowest BCUT2D eigenvalue weighted by atomic mass is 9.99. The fourth-order valence-electron chi connectivity index (χ4n) is 2.09. The number of hydrogen-bond acceptors (Lipinski definition) is 4. The Hall–Kier alpha value is -2.62. The van der Waals surface area contributed by atoms with E-state index in [0.717, 1.165) is 5.56 Å². The molecule has 1 N–H and O–H groups in total. The average Bonchev–Trinajstić information content (AvgIpc) is 2.46. The summed E-state index contributed by atoms with van der Waals surface area (Å²) < 4.78 is 5.11. The van der Waals surface area contributed by atoms with Gasteiger partial charge in [-0.05, 0) is 36.8 Å². The molecule has 4 heteroatoms. The van der Waals surface area contributed by atoms with Gasteiger partial charge in [-0.1, -0.05) is 18.2 Å². The van der Waals surface area contributed by atoms with Gasteiger partial charge >= 0.3 is 0 Å². The normalized spacial score (nSPS) is 10.2. The summed E-state index contributed by atoms with van der Waals surface area (Å²) >= 11 is 0. The van der Waals surface area contributed by atoms with Crippen molar-refractivity contribution in [1.29, 1.82) is 0 Å². The van der Waals surface area contributed by atoms with Crippen LogP contribution in [0.4, 0.5) is 0 Å². The summed E-state index contributed by atoms with van der Waals surface area (Å²) in [5.41, 5.74) is 1.36. The Bertz CT molecular complexity index is 689. The van der Waals surface area contributed by atoms with E-state index in [9.17, 15) is 14.7 Å². The summed E-state index contributed by atoms with van der Waals surface area (Å²) in [6.07, 6.45) is -0.309. The number of aromatic hydroxyl groups is 1. The van der Waals surface area contributed by atoms with Gasteiger partial charge in [0.1, 0.15) is 11.5 Å². The minimum absolute atomic E-state index is 0.104. The maximum absolute atomic E-state index is 12.2. The summed E-state index contributed by atoms with van der Waals surface area (Å²) in [4.78, 5) is 24.3. The quantitative estimate of drug-likeness (QED) is 0.676. The first-order valence-electron chi connectivity index (χ1n) is 6.52. The summed E-state index contributed by atoms with van der Waals surface area (Å²) in [5.74, 6) is -0.419. The molecule has 0 atom stereocenters. The second-order valence-corrected chi connectivity index (χ2v) is 4.74. The third-order valence-corrected chi connectivity index (χ3v) is 3.18. The van der Waals surface area contributed by atoms with E-state index in [2.05, 4.69) is 0 Å². The number of rotatable bonds is 5. The molecule has 0 amide bonds. The molecule has 0 heterocycles. The van der Waals surface area contributed by atoms with E-state index < -0.39 is 5.78 Å². The molecule has 0 saturated carbocycles. The molecule has 0 bridgehead atoms. The average molecular weight is 284 g/mol. The highest BCUT2D eigenvalue weighted by molar-refractivity contribution is 6.15. The highest BCUT2D eigenvalue weighted by Crippen LogP contribution is 2.23. The number of hydrogen-bond donors (Lipinski definition) is 1. The molecule has 0 saturated heterocycles. The monoisotopic (exact) mass is 284 g/mol. The molecule has 108 valence electrons. The standard InChI is InChI=1S/C17H16O4/c1-11-7-8-12(14(18)9-11)15(19)10-16(20)13-5-3-4-6-17(13)21-2/h3-9,18H,10H2,1-2H3. The molecule has 0 radical (unpaired) electrons. The van der Waals surface area contributed by atoms with E-state index in [1.807, 2.05) is 6.92 Å². The fraction of sp³-hybridized carbons (Fsp3) is 0.176. The van der Waals surface area contributed by atoms with Gasteiger partial charge in [0.05, 0.1) is 24.7 Å². The maximum Gasteiger partial charge on any atom is 0.174 e. The van der Waals surface area contributed by atoms with Gasteiger partial charge in [0.2, 0.25) is 0 Å². The molecule has 0 aliphatic carbocycles. The number of phenolic OH excluding ortho intramolecular Hbond substituents is 1. The Morgan fingerprint density at radius 3 is 2.38 bits per heavy atom. The zero-order valence-corrected chi connectivity index (χ0v) is 11.9. The number of ether oxygens (including phenoxy) is 1. The minimum atomic E-state index is -0.414. The number of benzene rings is 2. The van der Waals surface area contributed by atoms with Gasteiger partial charge in [-0.15, -0.1) is 0 Å². The number of methoxy groups -OCH3 is 1. The molecular weight excluding hydrogens is 268 g/mol. The van der Waals surface area contributed by atoms with Crippen molar-refractivity contribution < 1.29 is 19.4 Å². The van der Waals surface area contributed by atoms with Crippen LogP contribution in [-0.4, -0.2) is 23.8 Å². The Labute approximate surface area is 123 Å². The Morgan fingerprint density at radius 1 is 1.05 bits per heavy atom. The predicted molar refractivity (Wildman–Crippen MR) is 79.1 cm³/mol. The molecule has 0 fully saturated rings. The Balaban J connectivity index is 2.21. The van der Waals surface area contributed by atoms with E-state index in [1.54, 1.807) is 30.3 Å². The lowest BCUT2D eigenvalue weighted by molar-refractivity contribution is 0.0891. The van der Waals surface area contributed by atoms with Crippen molar-refractivity contribution in [1.82, 2.24) is 0 Å². The third kappa shape index (κ3) is 3.28. The molecule has 0 spiro atoms. The lowest BCUT2D eigenvalue weighted by Crippen LogP contribution is -2.10. The van der Waals surface area contributed by atoms with Crippen molar-refractivity contribution in [3.8, 4) is 11.5 Å². The number of carbonyl (C=O) groups excluding carboxylic acids is 2. The first-order chi connectivity index (χ1) is 10.0. The molecule has 0 unspecified atom stereocenters. The second-order valence-electron chi connectivity index (χ2n) is 4.74. The second kappa shape index (κ2) is 6.22. The van der Waals surface area contributed by atoms with Gasteiger partial charge < -0.3 is 9.84 Å². The number of aryl methyl sites for hydroxylation is 1. The number of ketones is 2. The molecular formula is C17H16O4. The van der Waals surface area contributed by atoms with Crippen molar-refractivity contribution in [2.75, 3.05) is 7.11 Å². The highest BCUT2D eigenvalue weighted by Gasteiger charge is 2.18. The number of Topliss-reactive ketones (excluding diaryl/α,β-unsaturated/α-hetero) is 2. The number of phenols is 1. The molecule has 2 aromatic carbocycles. The fourth-order valence-corrected chi connectivity index (χ4v) is 2.09. The summed E-state index contributed by atoms with van der Waals surface area (Å²) in [6, 6.07) is 11.5. The van der Waals surface area contributed by atoms with Crippen molar-refractivity contribution in [3.63, 3.8) is 0 Å². The van der Waals surface area contributed by atoms with Crippen LogP contribution in [0.2, 0.25) is 0 Å². The Morgan fingerprint density at radius 2 is 1.71 bits per heavy atom. The minimum Gasteiger partial charge on any atom is -0.507 e. The van der Waals surface area contributed by atoms with Gasteiger partial charge in [0.15, 0.2) is 11.6 Å². The van der Waals surface area contributed by atoms with Crippen LogP contribution in [0, 0.1) is 6.92 Å². The van der Waals surface area contributed by atoms with Gasteiger partial charge in [-0.3, -0.25) is 9.59 Å². The van der Waals surface area contributed by atoms with Gasteiger partial charge in [0, 0.05) is 0 Å². The largest absolute Gasteiger partial charge is 0.507 e. The molecule has 4 nitrogen and oxygen atoms in total. The SMILES string of the molecule is COc1ccccc1C(=O)CC(=O)c1ccc(C)cc1O. The molecule has 2 aromatic rings. The van der Waals surface area contributed by atoms with Crippen LogP contribution < -0.4 is 4.74 Å². The van der Waals surface area contributed by atoms with E-state index in [1.165, 1.54) is 19.2 Å². The summed E-state index contributed by atoms with van der Waals surface area (Å²) in [5, 5.41) is 9.79. The van der Waals surface area contributed by atoms with Crippen LogP contribution in [0.25, 0.3) is 0 Å². The Kier molecular flexibility index (Phi) is 4.38. The first kappa shape index (κ1) is 14.8. The summed E-state index contributed by atoms with van der Waals surface area (Å²) in [7, 11) is 1.47. The van der Waals surface area contributed by atoms with Crippen LogP contribution >= 0.6 is 0 Å². The van der Waals surface area contributed by atoms with Gasteiger partial charge in [0.25, 0.3) is 0 Å². The van der Waals surface area contributed by atoms with Gasteiger partial charge in [-0.25, -0.2) is 0 Å². The third-order valence-electron chi connectivity index (χ3n) is 3.18. The van der Waals surface area contributed by atoms with Crippen LogP contribution in [0.3, 0.4) is 0 Å². The van der Waals surface area contributed by atoms with Crippen molar-refractivity contribution in [2.45, 2.75) is 13.3 Å². The van der Waals surface area contributed by atoms with E-state index in [-0.39, 0.29) is 23.5 Å². The molecule has 0 aromatic heterocycles. The maximum atomic E-state index is 12.2. The van der Waals surface area contributed by atoms with E-state index in [4.69, 9.17) is 4.74 Å². The number of carbonyl (C=O) groups is 2. The van der Waals surface area contributed by atoms with Crippen molar-refractivity contribution in [3.05, 3.63) is 59.2 Å². The predicted octanol–water partition coefficient (Wildman–Crippen LogP) is 3.16. The van der Waals surface area contributed by atoms with E-state index in [0.29, 0.717) is 11.3 Å². The zero-order chi connectivity index (χ0) is 15.4. The van der Waals surface area contributed by atoms with Crippen LogP contribution in [0.15, 0.2) is 42.5 Å². The van der Waals surface area contributed by atoms with Crippen LogP contribution in [0.1, 0.15) is 32.7 Å². The zero-order valence-electron chi connectivity index (χ0n) is 11.9. The molecule has 2 rings (SSSR count). The molecule has 21 heavy (non-hydrogen) atoms. The first-order valence-corrected chi connectivity index (χ1v) is 6.52. The summed E-state index contributed by atoms with van der Waals surface area (Å²) in [6.45, 7) is 1.81. The lowest BCUT2D eigenvalue weighted by Gasteiger charge is -2.08. The molecule has 0 aliphatic heterocycles. The van der Waals surface area contributed by atoms with Crippen LogP contribution in [-0.2, 0) is 0 Å². The smallest absolute Gasteiger partial charge is 0.174 e. The van der Waals surface area contributed by atoms with Crippen molar-refractivity contribution in [2.24, 2.45) is 0 Å². The van der Waals surface area contributed by atoms with E-state index >= 15 is 0 Å². The van der Waals surface area contributed by atoms with Crippen LogP contribution in [0.5, 0.6) is 11.5 Å². The van der Waals surface area contributed by atoms with Crippen molar-refractivity contribution >= 4 is 11.6 Å². The topological polar surface area (TPSA) is 63.6 Å². The molecule has 0 aliphatic rings.